The van der Waals surface area contributed by atoms with Gasteiger partial charge in [0.2, 0.25) is 0 Å². The summed E-state index contributed by atoms with van der Waals surface area (Å²) < 4.78 is 12.7. The first-order chi connectivity index (χ1) is 5.36. The molecule has 2 nitrogen and oxygen atoms in total. The zero-order valence-electron chi connectivity index (χ0n) is 6.18. The van der Waals surface area contributed by atoms with Crippen LogP contribution in [0.15, 0.2) is 24.1 Å². The Hall–Kier alpha value is -0.670. The molecule has 0 aromatic carbocycles. The summed E-state index contributed by atoms with van der Waals surface area (Å²) in [5.41, 5.74) is 6.14. The van der Waals surface area contributed by atoms with Crippen molar-refractivity contribution in [1.82, 2.24) is 10.9 Å². The summed E-state index contributed by atoms with van der Waals surface area (Å²) in [6, 6.07) is 0.281. The van der Waals surface area contributed by atoms with E-state index in [0.29, 0.717) is 5.92 Å². The van der Waals surface area contributed by atoms with Crippen molar-refractivity contribution >= 4 is 0 Å². The van der Waals surface area contributed by atoms with Crippen molar-refractivity contribution in [3.63, 3.8) is 0 Å². The van der Waals surface area contributed by atoms with Gasteiger partial charge in [-0.1, -0.05) is 6.08 Å². The maximum absolute atomic E-state index is 12.7. The molecule has 1 aliphatic heterocycles. The van der Waals surface area contributed by atoms with E-state index in [1.807, 2.05) is 6.08 Å². The normalized spacial score (nSPS) is 36.3. The molecular weight excluding hydrogens is 143 g/mol. The van der Waals surface area contributed by atoms with Crippen LogP contribution < -0.4 is 10.9 Å². The molecule has 2 atom stereocenters. The fraction of sp³-hybridized carbons (Fsp3) is 0.500. The number of hydrogen-bond acceptors (Lipinski definition) is 2. The van der Waals surface area contributed by atoms with Gasteiger partial charge in [0.05, 0.1) is 0 Å². The Morgan fingerprint density at radius 3 is 3.36 bits per heavy atom. The van der Waals surface area contributed by atoms with E-state index in [0.717, 1.165) is 13.0 Å². The van der Waals surface area contributed by atoms with Crippen LogP contribution in [0.4, 0.5) is 4.39 Å². The number of allylic oxidation sites excluding steroid dienone is 2. The Kier molecular flexibility index (Phi) is 1.75. The highest BCUT2D eigenvalue weighted by atomic mass is 19.1. The molecule has 1 saturated heterocycles. The highest BCUT2D eigenvalue weighted by Crippen LogP contribution is 2.21. The summed E-state index contributed by atoms with van der Waals surface area (Å²) in [4.78, 5) is 0. The number of rotatable bonds is 0. The summed E-state index contributed by atoms with van der Waals surface area (Å²) in [5, 5.41) is 0. The van der Waals surface area contributed by atoms with Gasteiger partial charge in [-0.2, -0.15) is 0 Å². The van der Waals surface area contributed by atoms with Crippen molar-refractivity contribution in [3.05, 3.63) is 24.1 Å². The molecular formula is C8H11FN2. The lowest BCUT2D eigenvalue weighted by molar-refractivity contribution is 0.317. The fourth-order valence-electron chi connectivity index (χ4n) is 1.55. The number of halogens is 1. The van der Waals surface area contributed by atoms with Crippen LogP contribution in [0.25, 0.3) is 0 Å². The van der Waals surface area contributed by atoms with Gasteiger partial charge in [-0.05, 0) is 18.6 Å². The standard InChI is InChI=1S/C8H11FN2/c9-7-1-2-8-6(5-7)3-4-10-11-8/h1-2,5-6,8,10-11H,3-4H2. The molecule has 1 fully saturated rings. The third-order valence-electron chi connectivity index (χ3n) is 2.17. The van der Waals surface area contributed by atoms with E-state index < -0.39 is 0 Å². The zero-order valence-corrected chi connectivity index (χ0v) is 6.18. The van der Waals surface area contributed by atoms with Gasteiger partial charge in [0, 0.05) is 18.5 Å². The van der Waals surface area contributed by atoms with Crippen molar-refractivity contribution < 1.29 is 4.39 Å². The van der Waals surface area contributed by atoms with E-state index >= 15 is 0 Å². The van der Waals surface area contributed by atoms with Crippen molar-refractivity contribution in [2.75, 3.05) is 6.54 Å². The van der Waals surface area contributed by atoms with Crippen LogP contribution in [0.5, 0.6) is 0 Å². The molecule has 11 heavy (non-hydrogen) atoms. The lowest BCUT2D eigenvalue weighted by Gasteiger charge is -2.30. The monoisotopic (exact) mass is 154 g/mol. The zero-order chi connectivity index (χ0) is 7.68. The Morgan fingerprint density at radius 2 is 2.45 bits per heavy atom. The SMILES string of the molecule is FC1=CC2CCNNC2C=C1. The minimum atomic E-state index is -0.102. The van der Waals surface area contributed by atoms with Gasteiger partial charge in [0.1, 0.15) is 5.83 Å². The van der Waals surface area contributed by atoms with Gasteiger partial charge in [-0.15, -0.1) is 0 Å². The van der Waals surface area contributed by atoms with E-state index in [-0.39, 0.29) is 11.9 Å². The first kappa shape index (κ1) is 7.00. The highest BCUT2D eigenvalue weighted by Gasteiger charge is 2.23. The molecule has 2 rings (SSSR count). The average molecular weight is 154 g/mol. The number of fused-ring (bicyclic) bond motifs is 1. The van der Waals surface area contributed by atoms with Gasteiger partial charge < -0.3 is 0 Å². The van der Waals surface area contributed by atoms with E-state index in [1.54, 1.807) is 6.08 Å². The first-order valence-electron chi connectivity index (χ1n) is 3.90. The van der Waals surface area contributed by atoms with Crippen molar-refractivity contribution in [1.29, 1.82) is 0 Å². The van der Waals surface area contributed by atoms with Gasteiger partial charge in [-0.25, -0.2) is 4.39 Å². The van der Waals surface area contributed by atoms with Crippen LogP contribution in [-0.4, -0.2) is 12.6 Å². The number of nitrogens with one attached hydrogen (secondary N) is 2. The molecule has 0 bridgehead atoms. The minimum absolute atomic E-state index is 0.102. The van der Waals surface area contributed by atoms with Crippen molar-refractivity contribution in [2.24, 2.45) is 5.92 Å². The average Bonchev–Trinajstić information content (AvgIpc) is 2.04. The van der Waals surface area contributed by atoms with Gasteiger partial charge in [0.15, 0.2) is 0 Å². The Labute approximate surface area is 65.1 Å². The lowest BCUT2D eigenvalue weighted by Crippen LogP contribution is -2.50. The Morgan fingerprint density at radius 1 is 1.55 bits per heavy atom. The van der Waals surface area contributed by atoms with E-state index in [2.05, 4.69) is 10.9 Å². The quantitative estimate of drug-likeness (QED) is 0.541. The summed E-state index contributed by atoms with van der Waals surface area (Å²) >= 11 is 0. The van der Waals surface area contributed by atoms with E-state index in [1.165, 1.54) is 6.08 Å². The fourth-order valence-corrected chi connectivity index (χ4v) is 1.55. The van der Waals surface area contributed by atoms with Crippen LogP contribution in [0.3, 0.4) is 0 Å². The maximum atomic E-state index is 12.7. The molecule has 60 valence electrons. The molecule has 0 aromatic heterocycles. The molecule has 3 heteroatoms. The number of hydrazine groups is 1. The highest BCUT2D eigenvalue weighted by molar-refractivity contribution is 5.22. The predicted molar refractivity (Wildman–Crippen MR) is 41.4 cm³/mol. The molecule has 1 aliphatic carbocycles. The second-order valence-corrected chi connectivity index (χ2v) is 2.96. The second-order valence-electron chi connectivity index (χ2n) is 2.96. The lowest BCUT2D eigenvalue weighted by atomic mass is 9.91. The maximum Gasteiger partial charge on any atom is 0.119 e. The van der Waals surface area contributed by atoms with Crippen molar-refractivity contribution in [2.45, 2.75) is 12.5 Å². The minimum Gasteiger partial charge on any atom is -0.257 e. The molecule has 0 saturated carbocycles. The van der Waals surface area contributed by atoms with E-state index in [4.69, 9.17) is 0 Å². The molecule has 2 N–H and O–H groups in total. The third kappa shape index (κ3) is 1.34. The van der Waals surface area contributed by atoms with Crippen LogP contribution in [0.1, 0.15) is 6.42 Å². The smallest absolute Gasteiger partial charge is 0.119 e. The molecule has 0 amide bonds. The summed E-state index contributed by atoms with van der Waals surface area (Å²) in [6.07, 6.45) is 6.08. The largest absolute Gasteiger partial charge is 0.257 e. The second kappa shape index (κ2) is 2.75. The molecule has 0 aromatic rings. The predicted octanol–water partition coefficient (Wildman–Crippen LogP) is 0.892. The topological polar surface area (TPSA) is 24.1 Å². The summed E-state index contributed by atoms with van der Waals surface area (Å²) in [7, 11) is 0. The Balaban J connectivity index is 2.13. The molecule has 0 spiro atoms. The van der Waals surface area contributed by atoms with Crippen LogP contribution in [-0.2, 0) is 0 Å². The molecule has 1 heterocycles. The van der Waals surface area contributed by atoms with Gasteiger partial charge in [-0.3, -0.25) is 10.9 Å². The van der Waals surface area contributed by atoms with Crippen molar-refractivity contribution in [3.8, 4) is 0 Å². The first-order valence-corrected chi connectivity index (χ1v) is 3.90. The molecule has 2 aliphatic rings. The number of hydrogen-bond donors (Lipinski definition) is 2. The third-order valence-corrected chi connectivity index (χ3v) is 2.17. The van der Waals surface area contributed by atoms with Crippen LogP contribution in [0.2, 0.25) is 0 Å². The molecule has 0 radical (unpaired) electrons. The Bertz CT molecular complexity index is 210. The van der Waals surface area contributed by atoms with Gasteiger partial charge in [0.25, 0.3) is 0 Å². The molecule has 2 unspecified atom stereocenters. The van der Waals surface area contributed by atoms with Crippen LogP contribution >= 0.6 is 0 Å². The van der Waals surface area contributed by atoms with E-state index in [9.17, 15) is 4.39 Å². The van der Waals surface area contributed by atoms with Gasteiger partial charge >= 0.3 is 0 Å². The summed E-state index contributed by atoms with van der Waals surface area (Å²) in [6.45, 7) is 0.915. The summed E-state index contributed by atoms with van der Waals surface area (Å²) in [5.74, 6) is 0.233. The van der Waals surface area contributed by atoms with Crippen LogP contribution in [0, 0.1) is 5.92 Å².